The normalized spacial score (nSPS) is 13.0. The average Bonchev–Trinajstić information content (AvgIpc) is 3.33. The summed E-state index contributed by atoms with van der Waals surface area (Å²) >= 11 is -1.98. The molecule has 2 aliphatic carbocycles. The fourth-order valence-corrected chi connectivity index (χ4v) is 24.0. The SMILES string of the molecule is C[SiH](C)[Zr]([c]1cccc2c1Cc1ccccc1-2)[c]1cccc2c1Cc1ccccc1-2. The van der Waals surface area contributed by atoms with Crippen LogP contribution in [0, 0.1) is 0 Å². The van der Waals surface area contributed by atoms with Crippen LogP contribution in [0.15, 0.2) is 84.9 Å². The fraction of sp³-hybridized carbons (Fsp3) is 0.143. The second-order valence-electron chi connectivity index (χ2n) is 8.90. The molecule has 4 aromatic rings. The third-order valence-corrected chi connectivity index (χ3v) is 25.4. The van der Waals surface area contributed by atoms with Crippen LogP contribution in [0.25, 0.3) is 22.3 Å². The van der Waals surface area contributed by atoms with Crippen molar-refractivity contribution in [3.05, 3.63) is 107 Å². The molecule has 2 heteroatoms. The summed E-state index contributed by atoms with van der Waals surface area (Å²) in [7, 11) is 0. The first-order chi connectivity index (χ1) is 14.7. The molecule has 0 spiro atoms. The van der Waals surface area contributed by atoms with Crippen LogP contribution in [-0.4, -0.2) is 5.92 Å². The van der Waals surface area contributed by atoms with Gasteiger partial charge in [0.2, 0.25) is 0 Å². The summed E-state index contributed by atoms with van der Waals surface area (Å²) in [6.45, 7) is 5.22. The molecule has 0 saturated carbocycles. The van der Waals surface area contributed by atoms with Crippen molar-refractivity contribution in [2.24, 2.45) is 0 Å². The molecule has 0 atom stereocenters. The predicted molar refractivity (Wildman–Crippen MR) is 128 cm³/mol. The van der Waals surface area contributed by atoms with Crippen molar-refractivity contribution in [3.63, 3.8) is 0 Å². The van der Waals surface area contributed by atoms with Gasteiger partial charge in [-0.1, -0.05) is 0 Å². The van der Waals surface area contributed by atoms with Crippen molar-refractivity contribution in [2.45, 2.75) is 25.9 Å². The summed E-state index contributed by atoms with van der Waals surface area (Å²) in [5.41, 5.74) is 12.3. The first kappa shape index (κ1) is 18.7. The van der Waals surface area contributed by atoms with Crippen LogP contribution < -0.4 is 6.54 Å². The molecule has 0 saturated heterocycles. The van der Waals surface area contributed by atoms with E-state index in [1.807, 2.05) is 0 Å². The van der Waals surface area contributed by atoms with E-state index in [-0.39, 0.29) is 0 Å². The van der Waals surface area contributed by atoms with E-state index in [1.54, 1.807) is 17.7 Å². The van der Waals surface area contributed by atoms with Gasteiger partial charge in [0, 0.05) is 0 Å². The van der Waals surface area contributed by atoms with Gasteiger partial charge in [-0.25, -0.2) is 0 Å². The van der Waals surface area contributed by atoms with Gasteiger partial charge >= 0.3 is 189 Å². The third kappa shape index (κ3) is 2.81. The van der Waals surface area contributed by atoms with E-state index in [2.05, 4.69) is 98.0 Å². The van der Waals surface area contributed by atoms with Gasteiger partial charge < -0.3 is 0 Å². The van der Waals surface area contributed by atoms with Gasteiger partial charge in [0.1, 0.15) is 0 Å². The molecule has 0 nitrogen and oxygen atoms in total. The summed E-state index contributed by atoms with van der Waals surface area (Å²) in [5.74, 6) is -0.806. The van der Waals surface area contributed by atoms with E-state index in [9.17, 15) is 0 Å². The molecule has 0 fully saturated rings. The van der Waals surface area contributed by atoms with Gasteiger partial charge in [0.25, 0.3) is 0 Å². The Labute approximate surface area is 187 Å². The fourth-order valence-electron chi connectivity index (χ4n) is 5.59. The zero-order valence-electron chi connectivity index (χ0n) is 17.6. The Morgan fingerprint density at radius 3 is 1.43 bits per heavy atom. The van der Waals surface area contributed by atoms with Crippen molar-refractivity contribution in [1.82, 2.24) is 0 Å². The Hall–Kier alpha value is -2.02. The minimum atomic E-state index is -1.98. The number of hydrogen-bond acceptors (Lipinski definition) is 0. The van der Waals surface area contributed by atoms with Crippen LogP contribution in [0.2, 0.25) is 13.1 Å². The van der Waals surface area contributed by atoms with Gasteiger partial charge in [0.15, 0.2) is 0 Å². The molecule has 0 N–H and O–H groups in total. The summed E-state index contributed by atoms with van der Waals surface area (Å²) in [5, 5.41) is 0. The third-order valence-electron chi connectivity index (χ3n) is 6.86. The molecule has 0 bridgehead atoms. The van der Waals surface area contributed by atoms with Gasteiger partial charge in [-0.05, 0) is 0 Å². The molecule has 145 valence electrons. The van der Waals surface area contributed by atoms with Crippen LogP contribution >= 0.6 is 0 Å². The van der Waals surface area contributed by atoms with Gasteiger partial charge in [-0.2, -0.15) is 0 Å². The van der Waals surface area contributed by atoms with Crippen molar-refractivity contribution in [2.75, 3.05) is 0 Å². The molecule has 0 unspecified atom stereocenters. The Kier molecular flexibility index (Phi) is 4.55. The van der Waals surface area contributed by atoms with Crippen LogP contribution in [0.4, 0.5) is 0 Å². The van der Waals surface area contributed by atoms with Crippen molar-refractivity contribution >= 4 is 12.5 Å². The molecule has 0 heterocycles. The molecule has 30 heavy (non-hydrogen) atoms. The quantitative estimate of drug-likeness (QED) is 0.298. The molecule has 0 amide bonds. The van der Waals surface area contributed by atoms with E-state index in [0.717, 1.165) is 12.8 Å². The second kappa shape index (κ2) is 7.29. The second-order valence-corrected chi connectivity index (χ2v) is 27.8. The van der Waals surface area contributed by atoms with Crippen molar-refractivity contribution in [3.8, 4) is 22.3 Å². The molecular formula is C28H25SiZr. The zero-order valence-corrected chi connectivity index (χ0v) is 21.2. The Morgan fingerprint density at radius 1 is 0.533 bits per heavy atom. The topological polar surface area (TPSA) is 0 Å². The number of fused-ring (bicyclic) bond motifs is 6. The number of benzene rings is 4. The minimum absolute atomic E-state index is 0.806. The van der Waals surface area contributed by atoms with Crippen LogP contribution in [0.5, 0.6) is 0 Å². The Morgan fingerprint density at radius 2 is 0.967 bits per heavy atom. The van der Waals surface area contributed by atoms with E-state index in [1.165, 1.54) is 33.4 Å². The monoisotopic (exact) mass is 479 g/mol. The van der Waals surface area contributed by atoms with E-state index in [0.29, 0.717) is 0 Å². The summed E-state index contributed by atoms with van der Waals surface area (Å²) in [6.07, 6.45) is 2.25. The molecule has 0 aromatic heterocycles. The van der Waals surface area contributed by atoms with Gasteiger partial charge in [0.05, 0.1) is 0 Å². The van der Waals surface area contributed by atoms with Gasteiger partial charge in [-0.3, -0.25) is 0 Å². The molecule has 6 rings (SSSR count). The van der Waals surface area contributed by atoms with E-state index in [4.69, 9.17) is 0 Å². The number of rotatable bonds is 3. The summed E-state index contributed by atoms with van der Waals surface area (Å²) in [4.78, 5) is 0. The van der Waals surface area contributed by atoms with Crippen molar-refractivity contribution in [1.29, 1.82) is 0 Å². The van der Waals surface area contributed by atoms with Crippen LogP contribution in [-0.2, 0) is 33.8 Å². The maximum atomic E-state index is 2.61. The Bertz CT molecular complexity index is 1190. The standard InChI is InChI=1S/2C13H9.C2H7Si.Zr/c2*1-3-7-12-10(5-1)9-11-6-2-4-8-13(11)12;1-3-2;/h2*1-5,7-8H,9H2;3H,1-2H3;. The van der Waals surface area contributed by atoms with Crippen molar-refractivity contribution < 1.29 is 20.9 Å². The summed E-state index contributed by atoms with van der Waals surface area (Å²) < 4.78 is 3.55. The van der Waals surface area contributed by atoms with E-state index < -0.39 is 26.8 Å². The van der Waals surface area contributed by atoms with E-state index >= 15 is 0 Å². The van der Waals surface area contributed by atoms with Gasteiger partial charge in [-0.15, -0.1) is 0 Å². The molecule has 4 aromatic carbocycles. The molecule has 0 aliphatic heterocycles. The molecule has 2 aliphatic rings. The zero-order chi connectivity index (χ0) is 20.2. The predicted octanol–water partition coefficient (Wildman–Crippen LogP) is 5.38. The average molecular weight is 481 g/mol. The van der Waals surface area contributed by atoms with Crippen LogP contribution in [0.3, 0.4) is 0 Å². The Balaban J connectivity index is 1.53. The molecular weight excluding hydrogens is 456 g/mol. The first-order valence-electron chi connectivity index (χ1n) is 11.0. The maximum absolute atomic E-state index is 2.61. The van der Waals surface area contributed by atoms with Crippen LogP contribution in [0.1, 0.15) is 22.3 Å². The summed E-state index contributed by atoms with van der Waals surface area (Å²) in [6, 6.07) is 32.5. The number of hydrogen-bond donors (Lipinski definition) is 0. The molecule has 0 radical (unpaired) electrons. The first-order valence-corrected chi connectivity index (χ1v) is 20.6.